The van der Waals surface area contributed by atoms with Crippen LogP contribution in [0.5, 0.6) is 0 Å². The number of anilines is 1. The Kier molecular flexibility index (Phi) is 5.52. The molecule has 1 aromatic heterocycles. The van der Waals surface area contributed by atoms with Gasteiger partial charge in [0.25, 0.3) is 0 Å². The number of aliphatic hydroxyl groups is 1. The maximum atomic E-state index is 12.1. The van der Waals surface area contributed by atoms with Crippen LogP contribution in [-0.4, -0.2) is 49.0 Å². The fourth-order valence-corrected chi connectivity index (χ4v) is 4.14. The number of hydroxylamine groups is 1. The van der Waals surface area contributed by atoms with Gasteiger partial charge >= 0.3 is 6.09 Å². The number of carbonyl (C=O) groups excluding carboxylic acids is 2. The SMILES string of the molecule is CC(=O)NC[C@H]1CN(c2ccc(-c3ccc(C4=CC(CO)ON4)s3)cc2)C(=O)O1. The topological polar surface area (TPSA) is 100 Å². The molecule has 9 heteroatoms. The number of ether oxygens (including phenoxy) is 1. The third-order valence-corrected chi connectivity index (χ3v) is 5.81. The Morgan fingerprint density at radius 3 is 2.72 bits per heavy atom. The van der Waals surface area contributed by atoms with E-state index in [-0.39, 0.29) is 24.7 Å². The van der Waals surface area contributed by atoms with Crippen molar-refractivity contribution < 1.29 is 24.3 Å². The quantitative estimate of drug-likeness (QED) is 0.668. The van der Waals surface area contributed by atoms with E-state index in [4.69, 9.17) is 14.7 Å². The third-order valence-electron chi connectivity index (χ3n) is 4.64. The molecule has 1 unspecified atom stereocenters. The lowest BCUT2D eigenvalue weighted by molar-refractivity contribution is -0.119. The molecule has 3 heterocycles. The molecule has 1 aromatic carbocycles. The Morgan fingerprint density at radius 2 is 2.03 bits per heavy atom. The minimum absolute atomic E-state index is 0.0687. The third kappa shape index (κ3) is 4.26. The molecule has 4 rings (SSSR count). The van der Waals surface area contributed by atoms with Crippen LogP contribution in [0.15, 0.2) is 42.5 Å². The van der Waals surface area contributed by atoms with Crippen LogP contribution >= 0.6 is 11.3 Å². The van der Waals surface area contributed by atoms with Crippen molar-refractivity contribution >= 4 is 34.7 Å². The van der Waals surface area contributed by atoms with E-state index in [0.29, 0.717) is 13.1 Å². The van der Waals surface area contributed by atoms with Gasteiger partial charge in [-0.15, -0.1) is 11.3 Å². The molecule has 0 aliphatic carbocycles. The van der Waals surface area contributed by atoms with Crippen LogP contribution in [0.4, 0.5) is 10.5 Å². The molecule has 0 bridgehead atoms. The molecule has 3 N–H and O–H groups in total. The number of cyclic esters (lactones) is 1. The molecule has 2 aliphatic rings. The fraction of sp³-hybridized carbons (Fsp3) is 0.300. The highest BCUT2D eigenvalue weighted by Gasteiger charge is 2.32. The lowest BCUT2D eigenvalue weighted by Gasteiger charge is -2.13. The summed E-state index contributed by atoms with van der Waals surface area (Å²) in [7, 11) is 0. The van der Waals surface area contributed by atoms with E-state index in [1.54, 1.807) is 16.2 Å². The normalized spacial score (nSPS) is 21.0. The molecular formula is C20H21N3O5S. The second-order valence-corrected chi connectivity index (χ2v) is 7.87. The predicted octanol–water partition coefficient (Wildman–Crippen LogP) is 2.11. The highest BCUT2D eigenvalue weighted by molar-refractivity contribution is 7.16. The van der Waals surface area contributed by atoms with Crippen LogP contribution in [0.1, 0.15) is 11.8 Å². The number of nitrogens with one attached hydrogen (secondary N) is 2. The number of aliphatic hydroxyl groups excluding tert-OH is 1. The molecule has 1 fully saturated rings. The molecule has 0 saturated carbocycles. The fourth-order valence-electron chi connectivity index (χ4n) is 3.16. The number of nitrogens with zero attached hydrogens (tertiary/aromatic N) is 1. The Morgan fingerprint density at radius 1 is 1.28 bits per heavy atom. The van der Waals surface area contributed by atoms with Crippen molar-refractivity contribution in [2.75, 3.05) is 24.6 Å². The van der Waals surface area contributed by atoms with Gasteiger partial charge in [0.05, 0.1) is 30.3 Å². The van der Waals surface area contributed by atoms with Crippen molar-refractivity contribution in [2.45, 2.75) is 19.1 Å². The summed E-state index contributed by atoms with van der Waals surface area (Å²) in [6.07, 6.45) is 0.756. The van der Waals surface area contributed by atoms with Gasteiger partial charge in [-0.05, 0) is 35.9 Å². The van der Waals surface area contributed by atoms with Crippen LogP contribution in [0.25, 0.3) is 16.1 Å². The molecule has 2 atom stereocenters. The lowest BCUT2D eigenvalue weighted by atomic mass is 10.1. The largest absolute Gasteiger partial charge is 0.442 e. The summed E-state index contributed by atoms with van der Waals surface area (Å²) in [6.45, 7) is 2.06. The Hall–Kier alpha value is -2.88. The van der Waals surface area contributed by atoms with E-state index in [1.807, 2.05) is 42.5 Å². The van der Waals surface area contributed by atoms with Crippen LogP contribution in [-0.2, 0) is 14.4 Å². The van der Waals surface area contributed by atoms with Crippen LogP contribution in [0.2, 0.25) is 0 Å². The number of thiophene rings is 1. The van der Waals surface area contributed by atoms with Gasteiger partial charge in [-0.1, -0.05) is 12.1 Å². The second kappa shape index (κ2) is 8.24. The molecule has 8 nitrogen and oxygen atoms in total. The monoisotopic (exact) mass is 415 g/mol. The summed E-state index contributed by atoms with van der Waals surface area (Å²) in [5.74, 6) is -0.152. The summed E-state index contributed by atoms with van der Waals surface area (Å²) in [5.41, 5.74) is 5.47. The van der Waals surface area contributed by atoms with Crippen molar-refractivity contribution in [1.29, 1.82) is 0 Å². The summed E-state index contributed by atoms with van der Waals surface area (Å²) < 4.78 is 5.30. The van der Waals surface area contributed by atoms with Crippen LogP contribution < -0.4 is 15.7 Å². The number of hydrogen-bond donors (Lipinski definition) is 3. The van der Waals surface area contributed by atoms with Gasteiger partial charge in [-0.3, -0.25) is 20.0 Å². The van der Waals surface area contributed by atoms with E-state index in [1.165, 1.54) is 6.92 Å². The molecular weight excluding hydrogens is 394 g/mol. The van der Waals surface area contributed by atoms with Gasteiger partial charge in [-0.25, -0.2) is 4.79 Å². The Labute approximate surface area is 171 Å². The zero-order valence-corrected chi connectivity index (χ0v) is 16.6. The minimum Gasteiger partial charge on any atom is -0.442 e. The first-order chi connectivity index (χ1) is 14.0. The lowest BCUT2D eigenvalue weighted by Crippen LogP contribution is -2.33. The van der Waals surface area contributed by atoms with E-state index in [0.717, 1.165) is 26.7 Å². The highest BCUT2D eigenvalue weighted by atomic mass is 32.1. The van der Waals surface area contributed by atoms with E-state index in [9.17, 15) is 9.59 Å². The Balaban J connectivity index is 1.44. The zero-order chi connectivity index (χ0) is 20.4. The summed E-state index contributed by atoms with van der Waals surface area (Å²) >= 11 is 1.61. The van der Waals surface area contributed by atoms with Crippen LogP contribution in [0.3, 0.4) is 0 Å². The number of benzene rings is 1. The maximum absolute atomic E-state index is 12.1. The molecule has 1 saturated heterocycles. The van der Waals surface area contributed by atoms with E-state index < -0.39 is 6.09 Å². The van der Waals surface area contributed by atoms with Crippen molar-refractivity contribution in [3.05, 3.63) is 47.4 Å². The smallest absolute Gasteiger partial charge is 0.414 e. The first kappa shape index (κ1) is 19.4. The molecule has 2 aliphatic heterocycles. The van der Waals surface area contributed by atoms with Gasteiger partial charge < -0.3 is 15.2 Å². The van der Waals surface area contributed by atoms with Gasteiger partial charge in [-0.2, -0.15) is 0 Å². The molecule has 0 spiro atoms. The number of carbonyl (C=O) groups is 2. The molecule has 2 amide bonds. The van der Waals surface area contributed by atoms with E-state index in [2.05, 4.69) is 10.8 Å². The van der Waals surface area contributed by atoms with Crippen molar-refractivity contribution in [1.82, 2.24) is 10.8 Å². The average Bonchev–Trinajstić information content (AvgIpc) is 3.45. The number of amides is 2. The predicted molar refractivity (Wildman–Crippen MR) is 109 cm³/mol. The maximum Gasteiger partial charge on any atom is 0.414 e. The highest BCUT2D eigenvalue weighted by Crippen LogP contribution is 2.34. The first-order valence-electron chi connectivity index (χ1n) is 9.21. The zero-order valence-electron chi connectivity index (χ0n) is 15.8. The van der Waals surface area contributed by atoms with Gasteiger partial charge in [0.15, 0.2) is 0 Å². The Bertz CT molecular complexity index is 940. The van der Waals surface area contributed by atoms with Gasteiger partial charge in [0, 0.05) is 17.5 Å². The number of hydrogen-bond acceptors (Lipinski definition) is 7. The molecule has 0 radical (unpaired) electrons. The first-order valence-corrected chi connectivity index (χ1v) is 10.0. The second-order valence-electron chi connectivity index (χ2n) is 6.79. The van der Waals surface area contributed by atoms with Crippen molar-refractivity contribution in [3.63, 3.8) is 0 Å². The van der Waals surface area contributed by atoms with Gasteiger partial charge in [0.2, 0.25) is 5.91 Å². The summed E-state index contributed by atoms with van der Waals surface area (Å²) in [5, 5.41) is 11.8. The molecule has 152 valence electrons. The molecule has 29 heavy (non-hydrogen) atoms. The summed E-state index contributed by atoms with van der Waals surface area (Å²) in [4.78, 5) is 32.1. The van der Waals surface area contributed by atoms with Crippen molar-refractivity contribution in [3.8, 4) is 10.4 Å². The van der Waals surface area contributed by atoms with Crippen molar-refractivity contribution in [2.24, 2.45) is 0 Å². The van der Waals surface area contributed by atoms with Crippen LogP contribution in [0, 0.1) is 0 Å². The summed E-state index contributed by atoms with van der Waals surface area (Å²) in [6, 6.07) is 11.7. The minimum atomic E-state index is -0.413. The standard InChI is InChI=1S/C20H21N3O5S/c1-12(25)21-9-16-10-23(20(26)27-16)14-4-2-13(3-5-14)18-6-7-19(29-18)17-8-15(11-24)28-22-17/h2-8,15-16,22,24H,9-11H2,1H3,(H,21,25)/t15?,16-/m0/s1. The molecule has 2 aromatic rings. The number of rotatable bonds is 6. The average molecular weight is 415 g/mol. The van der Waals surface area contributed by atoms with Gasteiger partial charge in [0.1, 0.15) is 12.2 Å². The van der Waals surface area contributed by atoms with E-state index >= 15 is 0 Å².